The summed E-state index contributed by atoms with van der Waals surface area (Å²) >= 11 is 3.33. The summed E-state index contributed by atoms with van der Waals surface area (Å²) in [6.45, 7) is 0. The molecule has 0 unspecified atom stereocenters. The van der Waals surface area contributed by atoms with Crippen molar-refractivity contribution in [1.29, 1.82) is 5.26 Å². The number of unbranched alkanes of at least 4 members (excludes halogenated alkanes) is 2. The highest BCUT2D eigenvalue weighted by Crippen LogP contribution is 2.02. The number of ether oxygens (including phenoxy) is 1. The van der Waals surface area contributed by atoms with Crippen molar-refractivity contribution in [2.45, 2.75) is 19.3 Å². The fourth-order valence-corrected chi connectivity index (χ4v) is 1.04. The number of nitrogens with zero attached hydrogens (tertiary/aromatic N) is 1. The van der Waals surface area contributed by atoms with Crippen molar-refractivity contribution >= 4 is 15.9 Å². The zero-order valence-corrected chi connectivity index (χ0v) is 8.23. The van der Waals surface area contributed by atoms with Crippen LogP contribution in [-0.2, 0) is 4.74 Å². The third-order valence-corrected chi connectivity index (χ3v) is 1.81. The van der Waals surface area contributed by atoms with Crippen LogP contribution in [0.15, 0.2) is 11.8 Å². The van der Waals surface area contributed by atoms with Gasteiger partial charge in [-0.05, 0) is 25.3 Å². The molecular weight excluding hydrogens is 206 g/mol. The molecule has 0 radical (unpaired) electrons. The first-order valence-electron chi connectivity index (χ1n) is 3.55. The summed E-state index contributed by atoms with van der Waals surface area (Å²) in [7, 11) is 1.51. The third-order valence-electron chi connectivity index (χ3n) is 1.25. The fourth-order valence-electron chi connectivity index (χ4n) is 0.647. The summed E-state index contributed by atoms with van der Waals surface area (Å²) in [5, 5.41) is 9.45. The largest absolute Gasteiger partial charge is 0.487 e. The number of allylic oxidation sites excluding steroid dienone is 2. The molecule has 11 heavy (non-hydrogen) atoms. The lowest BCUT2D eigenvalue weighted by Gasteiger charge is -1.94. The standard InChI is InChI=1S/C8H12BrNO/c1-11-8(7-10)5-3-2-4-6-9/h5H,2-4,6H2,1H3. The topological polar surface area (TPSA) is 33.0 Å². The minimum absolute atomic E-state index is 0.416. The van der Waals surface area contributed by atoms with E-state index in [1.54, 1.807) is 0 Å². The maximum Gasteiger partial charge on any atom is 0.192 e. The van der Waals surface area contributed by atoms with E-state index in [-0.39, 0.29) is 0 Å². The Balaban J connectivity index is 3.47. The molecule has 0 spiro atoms. The van der Waals surface area contributed by atoms with Crippen LogP contribution in [0.3, 0.4) is 0 Å². The summed E-state index contributed by atoms with van der Waals surface area (Å²) in [6, 6.07) is 1.96. The molecule has 0 aromatic heterocycles. The quantitative estimate of drug-likeness (QED) is 0.307. The van der Waals surface area contributed by atoms with Gasteiger partial charge in [0.2, 0.25) is 0 Å². The van der Waals surface area contributed by atoms with Crippen LogP contribution < -0.4 is 0 Å². The van der Waals surface area contributed by atoms with Crippen LogP contribution in [0, 0.1) is 11.3 Å². The van der Waals surface area contributed by atoms with Crippen LogP contribution in [0.2, 0.25) is 0 Å². The molecule has 0 bridgehead atoms. The minimum Gasteiger partial charge on any atom is -0.487 e. The highest BCUT2D eigenvalue weighted by atomic mass is 79.9. The predicted octanol–water partition coefficient (Wildman–Crippen LogP) is 2.61. The maximum absolute atomic E-state index is 8.43. The summed E-state index contributed by atoms with van der Waals surface area (Å²) in [5.41, 5.74) is 0. The van der Waals surface area contributed by atoms with Crippen LogP contribution in [-0.4, -0.2) is 12.4 Å². The Morgan fingerprint density at radius 3 is 2.82 bits per heavy atom. The van der Waals surface area contributed by atoms with Crippen molar-refractivity contribution in [3.63, 3.8) is 0 Å². The number of halogens is 1. The molecule has 0 aliphatic carbocycles. The summed E-state index contributed by atoms with van der Waals surface area (Å²) in [5.74, 6) is 0.416. The lowest BCUT2D eigenvalue weighted by Crippen LogP contribution is -1.82. The lowest BCUT2D eigenvalue weighted by molar-refractivity contribution is 0.308. The zero-order valence-electron chi connectivity index (χ0n) is 6.64. The summed E-state index contributed by atoms with van der Waals surface area (Å²) in [6.07, 6.45) is 4.98. The molecule has 0 fully saturated rings. The average Bonchev–Trinajstić information content (AvgIpc) is 2.05. The Labute approximate surface area is 76.0 Å². The smallest absolute Gasteiger partial charge is 0.192 e. The zero-order chi connectivity index (χ0) is 8.53. The van der Waals surface area contributed by atoms with Crippen LogP contribution in [0.25, 0.3) is 0 Å². The number of methoxy groups -OCH3 is 1. The van der Waals surface area contributed by atoms with E-state index in [4.69, 9.17) is 10.00 Å². The number of hydrogen-bond acceptors (Lipinski definition) is 2. The molecule has 0 atom stereocenters. The Morgan fingerprint density at radius 2 is 2.36 bits per heavy atom. The van der Waals surface area contributed by atoms with Gasteiger partial charge in [0.15, 0.2) is 5.76 Å². The molecule has 0 saturated heterocycles. The van der Waals surface area contributed by atoms with Gasteiger partial charge in [-0.25, -0.2) is 0 Å². The van der Waals surface area contributed by atoms with E-state index in [1.807, 2.05) is 12.1 Å². The molecule has 0 rings (SSSR count). The van der Waals surface area contributed by atoms with Gasteiger partial charge in [0.25, 0.3) is 0 Å². The van der Waals surface area contributed by atoms with Gasteiger partial charge < -0.3 is 4.74 Å². The first kappa shape index (κ1) is 10.5. The SMILES string of the molecule is COC(C#N)=CCCCCBr. The molecule has 0 aromatic rings. The molecule has 0 aliphatic rings. The van der Waals surface area contributed by atoms with E-state index in [1.165, 1.54) is 7.11 Å². The molecule has 0 heterocycles. The van der Waals surface area contributed by atoms with Crippen molar-refractivity contribution in [3.8, 4) is 6.07 Å². The number of rotatable bonds is 5. The molecule has 0 N–H and O–H groups in total. The second-order valence-corrected chi connectivity index (χ2v) is 2.86. The first-order chi connectivity index (χ1) is 5.35. The molecule has 2 nitrogen and oxygen atoms in total. The van der Waals surface area contributed by atoms with E-state index >= 15 is 0 Å². The molecule has 62 valence electrons. The number of hydrogen-bond donors (Lipinski definition) is 0. The Bertz CT molecular complexity index is 160. The highest BCUT2D eigenvalue weighted by molar-refractivity contribution is 9.09. The average molecular weight is 218 g/mol. The molecule has 0 amide bonds. The second kappa shape index (κ2) is 7.62. The monoisotopic (exact) mass is 217 g/mol. The molecule has 0 aliphatic heterocycles. The van der Waals surface area contributed by atoms with Gasteiger partial charge in [-0.2, -0.15) is 5.26 Å². The van der Waals surface area contributed by atoms with Gasteiger partial charge in [-0.1, -0.05) is 15.9 Å². The van der Waals surface area contributed by atoms with Gasteiger partial charge in [0.1, 0.15) is 6.07 Å². The van der Waals surface area contributed by atoms with Crippen molar-refractivity contribution in [2.75, 3.05) is 12.4 Å². The van der Waals surface area contributed by atoms with E-state index in [0.717, 1.165) is 24.6 Å². The summed E-state index contributed by atoms with van der Waals surface area (Å²) < 4.78 is 4.77. The predicted molar refractivity (Wildman–Crippen MR) is 48.4 cm³/mol. The van der Waals surface area contributed by atoms with Gasteiger partial charge >= 0.3 is 0 Å². The van der Waals surface area contributed by atoms with E-state index in [2.05, 4.69) is 15.9 Å². The normalized spacial score (nSPS) is 10.8. The Kier molecular flexibility index (Phi) is 7.28. The molecule has 0 aromatic carbocycles. The minimum atomic E-state index is 0.416. The fraction of sp³-hybridized carbons (Fsp3) is 0.625. The van der Waals surface area contributed by atoms with Gasteiger partial charge in [-0.3, -0.25) is 0 Å². The van der Waals surface area contributed by atoms with Crippen LogP contribution in [0.4, 0.5) is 0 Å². The van der Waals surface area contributed by atoms with Crippen molar-refractivity contribution in [1.82, 2.24) is 0 Å². The molecular formula is C8H12BrNO. The van der Waals surface area contributed by atoms with Gasteiger partial charge in [-0.15, -0.1) is 0 Å². The third kappa shape index (κ3) is 5.93. The number of nitriles is 1. The lowest BCUT2D eigenvalue weighted by atomic mass is 10.2. The van der Waals surface area contributed by atoms with Crippen LogP contribution in [0.5, 0.6) is 0 Å². The number of alkyl halides is 1. The van der Waals surface area contributed by atoms with Crippen LogP contribution in [0.1, 0.15) is 19.3 Å². The Morgan fingerprint density at radius 1 is 1.64 bits per heavy atom. The van der Waals surface area contributed by atoms with E-state index in [9.17, 15) is 0 Å². The van der Waals surface area contributed by atoms with Crippen molar-refractivity contribution < 1.29 is 4.74 Å². The molecule has 0 saturated carbocycles. The highest BCUT2D eigenvalue weighted by Gasteiger charge is 1.90. The van der Waals surface area contributed by atoms with E-state index < -0.39 is 0 Å². The van der Waals surface area contributed by atoms with Gasteiger partial charge in [0, 0.05) is 5.33 Å². The van der Waals surface area contributed by atoms with Gasteiger partial charge in [0.05, 0.1) is 7.11 Å². The first-order valence-corrected chi connectivity index (χ1v) is 4.67. The van der Waals surface area contributed by atoms with Crippen molar-refractivity contribution in [2.24, 2.45) is 0 Å². The summed E-state index contributed by atoms with van der Waals surface area (Å²) in [4.78, 5) is 0. The van der Waals surface area contributed by atoms with Crippen molar-refractivity contribution in [3.05, 3.63) is 11.8 Å². The second-order valence-electron chi connectivity index (χ2n) is 2.07. The Hall–Kier alpha value is -0.490. The van der Waals surface area contributed by atoms with E-state index in [0.29, 0.717) is 5.76 Å². The maximum atomic E-state index is 8.43. The molecule has 3 heteroatoms. The van der Waals surface area contributed by atoms with Crippen LogP contribution >= 0.6 is 15.9 Å².